The number of para-hydroxylation sites is 1. The molecule has 3 amide bonds. The molecule has 1 aromatic rings. The molecular formula is C17H20FN3O4. The monoisotopic (exact) mass is 349 g/mol. The van der Waals surface area contributed by atoms with E-state index in [4.69, 9.17) is 5.11 Å². The molecule has 134 valence electrons. The molecule has 0 saturated carbocycles. The molecule has 8 heteroatoms. The summed E-state index contributed by atoms with van der Waals surface area (Å²) < 4.78 is 13.9. The molecule has 0 bridgehead atoms. The van der Waals surface area contributed by atoms with Crippen LogP contribution in [0, 0.1) is 11.7 Å². The highest BCUT2D eigenvalue weighted by Gasteiger charge is 2.36. The minimum absolute atomic E-state index is 0.214. The molecule has 2 saturated heterocycles. The maximum atomic E-state index is 13.9. The van der Waals surface area contributed by atoms with E-state index in [-0.39, 0.29) is 17.6 Å². The molecule has 0 aliphatic carbocycles. The Hall–Kier alpha value is -2.64. The molecule has 25 heavy (non-hydrogen) atoms. The van der Waals surface area contributed by atoms with Gasteiger partial charge in [0.2, 0.25) is 5.91 Å². The van der Waals surface area contributed by atoms with E-state index in [1.807, 2.05) is 0 Å². The topological polar surface area (TPSA) is 89.9 Å². The highest BCUT2D eigenvalue weighted by molar-refractivity contribution is 6.01. The van der Waals surface area contributed by atoms with Gasteiger partial charge in [0, 0.05) is 19.6 Å². The van der Waals surface area contributed by atoms with Crippen LogP contribution in [0.25, 0.3) is 0 Å². The molecule has 2 aliphatic rings. The van der Waals surface area contributed by atoms with E-state index in [1.165, 1.54) is 21.9 Å². The average molecular weight is 349 g/mol. The van der Waals surface area contributed by atoms with Crippen molar-refractivity contribution < 1.29 is 23.9 Å². The number of hydrogen-bond acceptors (Lipinski definition) is 3. The third-order valence-electron chi connectivity index (χ3n) is 4.78. The minimum atomic E-state index is -0.841. The van der Waals surface area contributed by atoms with Gasteiger partial charge >= 0.3 is 12.0 Å². The van der Waals surface area contributed by atoms with Crippen molar-refractivity contribution in [2.45, 2.75) is 25.3 Å². The Bertz CT molecular complexity index is 688. The molecule has 7 nitrogen and oxygen atoms in total. The zero-order valence-corrected chi connectivity index (χ0v) is 13.7. The van der Waals surface area contributed by atoms with Crippen LogP contribution in [0.15, 0.2) is 24.3 Å². The Morgan fingerprint density at radius 2 is 1.80 bits per heavy atom. The fraction of sp³-hybridized carbons (Fsp3) is 0.471. The Kier molecular flexibility index (Phi) is 4.87. The zero-order chi connectivity index (χ0) is 18.0. The molecule has 1 aromatic carbocycles. The first-order chi connectivity index (χ1) is 12.0. The van der Waals surface area contributed by atoms with Crippen LogP contribution in [0.4, 0.5) is 14.9 Å². The van der Waals surface area contributed by atoms with Gasteiger partial charge in [-0.3, -0.25) is 9.59 Å². The number of amides is 3. The first kappa shape index (κ1) is 17.2. The molecule has 0 spiro atoms. The van der Waals surface area contributed by atoms with E-state index >= 15 is 0 Å². The fourth-order valence-corrected chi connectivity index (χ4v) is 3.29. The van der Waals surface area contributed by atoms with Crippen molar-refractivity contribution >= 4 is 23.6 Å². The van der Waals surface area contributed by atoms with Crippen LogP contribution in [0.3, 0.4) is 0 Å². The van der Waals surface area contributed by atoms with E-state index < -0.39 is 23.7 Å². The first-order valence-corrected chi connectivity index (χ1v) is 8.31. The number of halogens is 1. The van der Waals surface area contributed by atoms with Crippen LogP contribution in [0.5, 0.6) is 0 Å². The standard InChI is InChI=1S/C17H20FN3O4/c18-12-3-1-2-4-14(12)21-10-7-13(15(21)22)19-17(25)20-8-5-11(6-9-20)16(23)24/h1-4,11,13H,5-10H2,(H,19,25)(H,23,24). The maximum Gasteiger partial charge on any atom is 0.318 e. The van der Waals surface area contributed by atoms with Crippen molar-refractivity contribution in [3.63, 3.8) is 0 Å². The lowest BCUT2D eigenvalue weighted by atomic mass is 9.97. The van der Waals surface area contributed by atoms with Gasteiger partial charge in [-0.25, -0.2) is 9.18 Å². The van der Waals surface area contributed by atoms with Gasteiger partial charge < -0.3 is 20.2 Å². The Morgan fingerprint density at radius 1 is 1.12 bits per heavy atom. The molecule has 2 heterocycles. The van der Waals surface area contributed by atoms with Gasteiger partial charge in [0.15, 0.2) is 0 Å². The summed E-state index contributed by atoms with van der Waals surface area (Å²) in [5.74, 6) is -2.07. The molecular weight excluding hydrogens is 329 g/mol. The predicted octanol–water partition coefficient (Wildman–Crippen LogP) is 1.44. The SMILES string of the molecule is O=C(O)C1CCN(C(=O)NC2CCN(c3ccccc3F)C2=O)CC1. The molecule has 2 N–H and O–H groups in total. The van der Waals surface area contributed by atoms with E-state index in [0.29, 0.717) is 38.9 Å². The van der Waals surface area contributed by atoms with E-state index in [0.717, 1.165) is 0 Å². The van der Waals surface area contributed by atoms with Crippen LogP contribution >= 0.6 is 0 Å². The number of urea groups is 1. The smallest absolute Gasteiger partial charge is 0.318 e. The molecule has 1 atom stereocenters. The van der Waals surface area contributed by atoms with E-state index in [2.05, 4.69) is 5.32 Å². The summed E-state index contributed by atoms with van der Waals surface area (Å²) >= 11 is 0. The van der Waals surface area contributed by atoms with Gasteiger partial charge in [-0.1, -0.05) is 12.1 Å². The minimum Gasteiger partial charge on any atom is -0.481 e. The fourth-order valence-electron chi connectivity index (χ4n) is 3.29. The Morgan fingerprint density at radius 3 is 2.44 bits per heavy atom. The number of carbonyl (C=O) groups excluding carboxylic acids is 2. The van der Waals surface area contributed by atoms with Gasteiger partial charge in [-0.05, 0) is 31.4 Å². The third kappa shape index (κ3) is 3.57. The van der Waals surface area contributed by atoms with Crippen LogP contribution < -0.4 is 10.2 Å². The van der Waals surface area contributed by atoms with Gasteiger partial charge in [0.05, 0.1) is 11.6 Å². The number of piperidine rings is 1. The summed E-state index contributed by atoms with van der Waals surface area (Å²) in [5, 5.41) is 11.7. The van der Waals surface area contributed by atoms with Crippen molar-refractivity contribution in [1.82, 2.24) is 10.2 Å². The number of hydrogen-bond donors (Lipinski definition) is 2. The summed E-state index contributed by atoms with van der Waals surface area (Å²) in [7, 11) is 0. The van der Waals surface area contributed by atoms with Crippen molar-refractivity contribution in [2.75, 3.05) is 24.5 Å². The number of likely N-dealkylation sites (tertiary alicyclic amines) is 1. The summed E-state index contributed by atoms with van der Waals surface area (Å²) in [6, 6.07) is 4.97. The summed E-state index contributed by atoms with van der Waals surface area (Å²) in [6.07, 6.45) is 1.22. The third-order valence-corrected chi connectivity index (χ3v) is 4.78. The van der Waals surface area contributed by atoms with Gasteiger partial charge in [-0.15, -0.1) is 0 Å². The maximum absolute atomic E-state index is 13.9. The second kappa shape index (κ2) is 7.08. The lowest BCUT2D eigenvalue weighted by Gasteiger charge is -2.31. The molecule has 0 radical (unpaired) electrons. The quantitative estimate of drug-likeness (QED) is 0.864. The van der Waals surface area contributed by atoms with Crippen molar-refractivity contribution in [2.24, 2.45) is 5.92 Å². The van der Waals surface area contributed by atoms with Crippen molar-refractivity contribution in [1.29, 1.82) is 0 Å². The number of carbonyl (C=O) groups is 3. The lowest BCUT2D eigenvalue weighted by molar-refractivity contribution is -0.143. The summed E-state index contributed by atoms with van der Waals surface area (Å²) in [4.78, 5) is 38.6. The Balaban J connectivity index is 1.57. The number of carboxylic acid groups (broad SMARTS) is 1. The number of rotatable bonds is 3. The van der Waals surface area contributed by atoms with Crippen LogP contribution in [0.2, 0.25) is 0 Å². The number of aliphatic carboxylic acids is 1. The number of benzene rings is 1. The van der Waals surface area contributed by atoms with Gasteiger partial charge in [-0.2, -0.15) is 0 Å². The molecule has 2 fully saturated rings. The molecule has 3 rings (SSSR count). The summed E-state index contributed by atoms with van der Waals surface area (Å²) in [5.41, 5.74) is 0.214. The molecule has 2 aliphatic heterocycles. The number of carboxylic acids is 1. The Labute approximate surface area is 144 Å². The number of nitrogens with one attached hydrogen (secondary N) is 1. The summed E-state index contributed by atoms with van der Waals surface area (Å²) in [6.45, 7) is 1.03. The number of nitrogens with zero attached hydrogens (tertiary/aromatic N) is 2. The van der Waals surface area contributed by atoms with E-state index in [9.17, 15) is 18.8 Å². The number of anilines is 1. The zero-order valence-electron chi connectivity index (χ0n) is 13.7. The van der Waals surface area contributed by atoms with Crippen LogP contribution in [-0.2, 0) is 9.59 Å². The van der Waals surface area contributed by atoms with Crippen LogP contribution in [0.1, 0.15) is 19.3 Å². The normalized spacial score (nSPS) is 21.5. The van der Waals surface area contributed by atoms with E-state index in [1.54, 1.807) is 12.1 Å². The van der Waals surface area contributed by atoms with Gasteiger partial charge in [0.1, 0.15) is 11.9 Å². The second-order valence-electron chi connectivity index (χ2n) is 6.33. The van der Waals surface area contributed by atoms with Gasteiger partial charge in [0.25, 0.3) is 0 Å². The highest BCUT2D eigenvalue weighted by atomic mass is 19.1. The van der Waals surface area contributed by atoms with Crippen LogP contribution in [-0.4, -0.2) is 53.6 Å². The molecule has 1 unspecified atom stereocenters. The van der Waals surface area contributed by atoms with Crippen molar-refractivity contribution in [3.05, 3.63) is 30.1 Å². The largest absolute Gasteiger partial charge is 0.481 e. The predicted molar refractivity (Wildman–Crippen MR) is 87.6 cm³/mol. The molecule has 0 aromatic heterocycles. The second-order valence-corrected chi connectivity index (χ2v) is 6.33. The first-order valence-electron chi connectivity index (χ1n) is 8.31. The average Bonchev–Trinajstić information content (AvgIpc) is 2.96. The van der Waals surface area contributed by atoms with Crippen molar-refractivity contribution in [3.8, 4) is 0 Å². The highest BCUT2D eigenvalue weighted by Crippen LogP contribution is 2.24. The lowest BCUT2D eigenvalue weighted by Crippen LogP contribution is -2.50.